The minimum absolute atomic E-state index is 0.0436. The van der Waals surface area contributed by atoms with Crippen molar-refractivity contribution >= 4 is 11.9 Å². The third kappa shape index (κ3) is 5.33. The minimum Gasteiger partial charge on any atom is -0.462 e. The minimum atomic E-state index is -0.547. The first-order chi connectivity index (χ1) is 13.3. The number of hydrogen-bond acceptors (Lipinski definition) is 8. The molecule has 0 aliphatic carbocycles. The van der Waals surface area contributed by atoms with Crippen molar-refractivity contribution in [1.29, 1.82) is 0 Å². The number of nitrogens with one attached hydrogen (secondary N) is 4. The van der Waals surface area contributed by atoms with Gasteiger partial charge in [-0.3, -0.25) is 30.9 Å². The van der Waals surface area contributed by atoms with Gasteiger partial charge >= 0.3 is 11.9 Å². The van der Waals surface area contributed by atoms with Crippen molar-refractivity contribution in [1.82, 2.24) is 21.3 Å². The summed E-state index contributed by atoms with van der Waals surface area (Å²) in [5.41, 5.74) is -1.76. The molecule has 0 spiro atoms. The summed E-state index contributed by atoms with van der Waals surface area (Å²) in [6.07, 6.45) is 0.369. The van der Waals surface area contributed by atoms with Gasteiger partial charge in [-0.25, -0.2) is 0 Å². The highest BCUT2D eigenvalue weighted by atomic mass is 16.6. The van der Waals surface area contributed by atoms with Crippen LogP contribution in [0.2, 0.25) is 0 Å². The summed E-state index contributed by atoms with van der Waals surface area (Å²) in [5, 5.41) is 13.9. The molecule has 0 aromatic carbocycles. The number of hydrogen-bond donors (Lipinski definition) is 4. The first-order valence-electron chi connectivity index (χ1n) is 10.8. The van der Waals surface area contributed by atoms with Crippen LogP contribution in [-0.4, -0.2) is 58.6 Å². The average Bonchev–Trinajstić information content (AvgIpc) is 2.74. The van der Waals surface area contributed by atoms with Gasteiger partial charge in [0, 0.05) is 22.2 Å². The van der Waals surface area contributed by atoms with Crippen LogP contribution in [0.4, 0.5) is 0 Å². The molecule has 0 aromatic heterocycles. The molecule has 0 atom stereocenters. The Balaban J connectivity index is 1.73. The van der Waals surface area contributed by atoms with E-state index in [0.717, 1.165) is 0 Å². The fourth-order valence-electron chi connectivity index (χ4n) is 4.61. The van der Waals surface area contributed by atoms with E-state index < -0.39 is 11.3 Å². The lowest BCUT2D eigenvalue weighted by molar-refractivity contribution is -0.154. The lowest BCUT2D eigenvalue weighted by atomic mass is 9.85. The van der Waals surface area contributed by atoms with Crippen LogP contribution >= 0.6 is 0 Å². The SMILES string of the molecule is CC1(CC(=O)OCCOC(=O)CC2(C)NC(C)(C)C(C)(C)N2)NC(C)(C)C(C)(C)N1. The molecule has 2 aliphatic heterocycles. The topological polar surface area (TPSA) is 101 Å². The van der Waals surface area contributed by atoms with E-state index in [1.807, 2.05) is 13.8 Å². The lowest BCUT2D eigenvalue weighted by Crippen LogP contribution is -2.51. The summed E-state index contributed by atoms with van der Waals surface area (Å²) < 4.78 is 10.6. The van der Waals surface area contributed by atoms with E-state index in [0.29, 0.717) is 0 Å². The summed E-state index contributed by atoms with van der Waals surface area (Å²) in [4.78, 5) is 24.6. The molecule has 0 amide bonds. The normalized spacial score (nSPS) is 26.9. The monoisotopic (exact) mass is 426 g/mol. The number of ether oxygens (including phenoxy) is 2. The highest BCUT2D eigenvalue weighted by molar-refractivity contribution is 5.72. The first-order valence-corrected chi connectivity index (χ1v) is 10.8. The zero-order valence-corrected chi connectivity index (χ0v) is 20.5. The molecule has 8 nitrogen and oxygen atoms in total. The second-order valence-electron chi connectivity index (χ2n) is 11.5. The molecule has 2 saturated heterocycles. The van der Waals surface area contributed by atoms with Gasteiger partial charge in [-0.2, -0.15) is 0 Å². The summed E-state index contributed by atoms with van der Waals surface area (Å²) in [6.45, 7) is 20.8. The van der Waals surface area contributed by atoms with Gasteiger partial charge in [0.1, 0.15) is 13.2 Å². The van der Waals surface area contributed by atoms with Crippen LogP contribution in [-0.2, 0) is 19.1 Å². The van der Waals surface area contributed by atoms with E-state index in [1.165, 1.54) is 0 Å². The molecule has 8 heteroatoms. The molecule has 174 valence electrons. The van der Waals surface area contributed by atoms with Crippen molar-refractivity contribution in [3.05, 3.63) is 0 Å². The molecule has 0 radical (unpaired) electrons. The van der Waals surface area contributed by atoms with E-state index >= 15 is 0 Å². The Hall–Kier alpha value is -1.22. The zero-order valence-electron chi connectivity index (χ0n) is 20.5. The predicted molar refractivity (Wildman–Crippen MR) is 117 cm³/mol. The largest absolute Gasteiger partial charge is 0.462 e. The molecule has 2 rings (SSSR count). The van der Waals surface area contributed by atoms with Crippen molar-refractivity contribution in [3.63, 3.8) is 0 Å². The van der Waals surface area contributed by atoms with Crippen molar-refractivity contribution in [2.45, 2.75) is 116 Å². The number of rotatable bonds is 7. The second kappa shape index (κ2) is 7.73. The molecule has 0 unspecified atom stereocenters. The highest BCUT2D eigenvalue weighted by Gasteiger charge is 2.53. The van der Waals surface area contributed by atoms with Crippen LogP contribution in [0, 0.1) is 0 Å². The number of carbonyl (C=O) groups is 2. The Morgan fingerprint density at radius 2 is 0.767 bits per heavy atom. The van der Waals surface area contributed by atoms with Gasteiger partial charge in [-0.05, 0) is 69.2 Å². The third-order valence-corrected chi connectivity index (χ3v) is 7.08. The molecule has 2 fully saturated rings. The van der Waals surface area contributed by atoms with E-state index in [9.17, 15) is 9.59 Å². The Morgan fingerprint density at radius 1 is 0.533 bits per heavy atom. The molecule has 2 aliphatic rings. The molecule has 30 heavy (non-hydrogen) atoms. The fraction of sp³-hybridized carbons (Fsp3) is 0.909. The molecule has 0 saturated carbocycles. The maximum absolute atomic E-state index is 12.3. The molecule has 0 aromatic rings. The van der Waals surface area contributed by atoms with E-state index in [4.69, 9.17) is 9.47 Å². The average molecular weight is 427 g/mol. The highest BCUT2D eigenvalue weighted by Crippen LogP contribution is 2.34. The standard InChI is InChI=1S/C22H42N4O4/c1-17(2)18(3,4)24-21(9,23-17)13-15(27)29-11-12-30-16(28)14-22(10)25-19(5,6)20(7,8)26-22/h23-26H,11-14H2,1-10H3. The van der Waals surface area contributed by atoms with Crippen molar-refractivity contribution in [2.24, 2.45) is 0 Å². The summed E-state index contributed by atoms with van der Waals surface area (Å²) in [6, 6.07) is 0. The molecule has 0 bridgehead atoms. The van der Waals surface area contributed by atoms with Crippen molar-refractivity contribution in [3.8, 4) is 0 Å². The quantitative estimate of drug-likeness (QED) is 0.361. The summed E-state index contributed by atoms with van der Waals surface area (Å²) >= 11 is 0. The van der Waals surface area contributed by atoms with E-state index in [1.54, 1.807) is 0 Å². The van der Waals surface area contributed by atoms with Crippen LogP contribution < -0.4 is 21.3 Å². The molecular formula is C22H42N4O4. The summed E-state index contributed by atoms with van der Waals surface area (Å²) in [7, 11) is 0. The van der Waals surface area contributed by atoms with Crippen LogP contribution in [0.15, 0.2) is 0 Å². The van der Waals surface area contributed by atoms with Gasteiger partial charge in [0.2, 0.25) is 0 Å². The summed E-state index contributed by atoms with van der Waals surface area (Å²) in [5.74, 6) is -0.673. The van der Waals surface area contributed by atoms with Gasteiger partial charge in [-0.1, -0.05) is 0 Å². The van der Waals surface area contributed by atoms with Gasteiger partial charge in [0.05, 0.1) is 24.2 Å². The first kappa shape index (κ1) is 25.0. The van der Waals surface area contributed by atoms with Gasteiger partial charge in [0.15, 0.2) is 0 Å². The van der Waals surface area contributed by atoms with E-state index in [-0.39, 0.29) is 60.1 Å². The van der Waals surface area contributed by atoms with Crippen molar-refractivity contribution < 1.29 is 19.1 Å². The smallest absolute Gasteiger partial charge is 0.309 e. The van der Waals surface area contributed by atoms with Crippen LogP contribution in [0.5, 0.6) is 0 Å². The van der Waals surface area contributed by atoms with Gasteiger partial charge in [0.25, 0.3) is 0 Å². The molecular weight excluding hydrogens is 384 g/mol. The maximum atomic E-state index is 12.3. The second-order valence-corrected chi connectivity index (χ2v) is 11.5. The fourth-order valence-corrected chi connectivity index (χ4v) is 4.61. The predicted octanol–water partition coefficient (Wildman–Crippen LogP) is 1.79. The Bertz CT molecular complexity index is 595. The zero-order chi connectivity index (χ0) is 23.2. The molecule has 2 heterocycles. The Morgan fingerprint density at radius 3 is 1.00 bits per heavy atom. The van der Waals surface area contributed by atoms with Gasteiger partial charge < -0.3 is 9.47 Å². The number of carbonyl (C=O) groups excluding carboxylic acids is 2. The number of esters is 2. The van der Waals surface area contributed by atoms with Crippen LogP contribution in [0.1, 0.15) is 82.1 Å². The van der Waals surface area contributed by atoms with Crippen LogP contribution in [0.25, 0.3) is 0 Å². The molecule has 4 N–H and O–H groups in total. The van der Waals surface area contributed by atoms with Crippen molar-refractivity contribution in [2.75, 3.05) is 13.2 Å². The van der Waals surface area contributed by atoms with Crippen LogP contribution in [0.3, 0.4) is 0 Å². The lowest BCUT2D eigenvalue weighted by Gasteiger charge is -2.33. The Kier molecular flexibility index (Phi) is 6.45. The maximum Gasteiger partial charge on any atom is 0.309 e. The Labute approximate surface area is 181 Å². The van der Waals surface area contributed by atoms with E-state index in [2.05, 4.69) is 76.7 Å². The third-order valence-electron chi connectivity index (χ3n) is 7.08. The van der Waals surface area contributed by atoms with Gasteiger partial charge in [-0.15, -0.1) is 0 Å².